The molecule has 2 aromatic carbocycles. The van der Waals surface area contributed by atoms with Crippen molar-refractivity contribution in [2.24, 2.45) is 0 Å². The Morgan fingerprint density at radius 3 is 2.94 bits per heavy atom. The highest BCUT2D eigenvalue weighted by Gasteiger charge is 2.15. The first-order valence-corrected chi connectivity index (χ1v) is 11.6. The maximum absolute atomic E-state index is 13.2. The monoisotopic (exact) mass is 489 g/mol. The van der Waals surface area contributed by atoms with Crippen molar-refractivity contribution in [2.75, 3.05) is 11.1 Å². The van der Waals surface area contributed by atoms with Gasteiger partial charge in [0.15, 0.2) is 16.1 Å². The molecule has 0 bridgehead atoms. The molecule has 7 nitrogen and oxygen atoms in total. The number of carbonyl (C=O) groups is 1. The minimum Gasteiger partial charge on any atom is -0.484 e. The minimum absolute atomic E-state index is 0.0741. The molecule has 32 heavy (non-hydrogen) atoms. The Hall–Kier alpha value is -2.95. The van der Waals surface area contributed by atoms with Crippen molar-refractivity contribution in [3.05, 3.63) is 71.8 Å². The van der Waals surface area contributed by atoms with E-state index in [4.69, 9.17) is 16.3 Å². The second kappa shape index (κ2) is 10.1. The number of halogens is 2. The van der Waals surface area contributed by atoms with Gasteiger partial charge >= 0.3 is 0 Å². The average Bonchev–Trinajstić information content (AvgIpc) is 3.35. The van der Waals surface area contributed by atoms with Gasteiger partial charge in [-0.2, -0.15) is 0 Å². The van der Waals surface area contributed by atoms with Gasteiger partial charge in [0, 0.05) is 6.54 Å². The van der Waals surface area contributed by atoms with Crippen LogP contribution in [0.3, 0.4) is 0 Å². The highest BCUT2D eigenvalue weighted by molar-refractivity contribution is 7.99. The number of aromatic nitrogens is 4. The smallest absolute Gasteiger partial charge is 0.236 e. The largest absolute Gasteiger partial charge is 0.484 e. The van der Waals surface area contributed by atoms with Crippen molar-refractivity contribution in [1.82, 2.24) is 19.7 Å². The van der Waals surface area contributed by atoms with Crippen LogP contribution < -0.4 is 10.1 Å². The Kier molecular flexibility index (Phi) is 7.03. The van der Waals surface area contributed by atoms with Crippen LogP contribution in [0.1, 0.15) is 5.82 Å². The maximum atomic E-state index is 13.2. The molecule has 2 heterocycles. The van der Waals surface area contributed by atoms with Crippen LogP contribution in [-0.2, 0) is 17.9 Å². The SMILES string of the molecule is C=CCn1c(COc2ccc(F)cc2Cl)nnc1SCC(=O)Nc1nc2ccccc2s1. The van der Waals surface area contributed by atoms with Crippen molar-refractivity contribution in [3.8, 4) is 5.75 Å². The molecule has 0 unspecified atom stereocenters. The van der Waals surface area contributed by atoms with Crippen LogP contribution in [0.15, 0.2) is 60.3 Å². The summed E-state index contributed by atoms with van der Waals surface area (Å²) >= 11 is 8.67. The fourth-order valence-electron chi connectivity index (χ4n) is 2.79. The summed E-state index contributed by atoms with van der Waals surface area (Å²) in [7, 11) is 0. The highest BCUT2D eigenvalue weighted by Crippen LogP contribution is 2.27. The average molecular weight is 490 g/mol. The number of nitrogens with one attached hydrogen (secondary N) is 1. The van der Waals surface area contributed by atoms with E-state index in [0.717, 1.165) is 10.2 Å². The summed E-state index contributed by atoms with van der Waals surface area (Å²) in [6.45, 7) is 4.27. The number of thiazole rings is 1. The van der Waals surface area contributed by atoms with Gasteiger partial charge in [0.05, 0.1) is 21.0 Å². The zero-order chi connectivity index (χ0) is 22.5. The number of nitrogens with zero attached hydrogens (tertiary/aromatic N) is 4. The molecule has 0 spiro atoms. The number of rotatable bonds is 9. The second-order valence-electron chi connectivity index (χ2n) is 6.49. The normalized spacial score (nSPS) is 10.9. The molecule has 4 aromatic rings. The molecule has 0 atom stereocenters. The van der Waals surface area contributed by atoms with Crippen LogP contribution in [0.25, 0.3) is 10.2 Å². The lowest BCUT2D eigenvalue weighted by Crippen LogP contribution is -2.14. The summed E-state index contributed by atoms with van der Waals surface area (Å²) in [4.78, 5) is 16.8. The molecule has 0 aliphatic heterocycles. The van der Waals surface area contributed by atoms with Crippen LogP contribution in [0.5, 0.6) is 5.75 Å². The van der Waals surface area contributed by atoms with E-state index in [1.165, 1.54) is 41.3 Å². The van der Waals surface area contributed by atoms with Gasteiger partial charge in [-0.1, -0.05) is 52.9 Å². The Labute approximate surface area is 196 Å². The minimum atomic E-state index is -0.444. The number of thioether (sulfide) groups is 1. The lowest BCUT2D eigenvalue weighted by Gasteiger charge is -2.10. The number of benzene rings is 2. The zero-order valence-electron chi connectivity index (χ0n) is 16.6. The molecule has 11 heteroatoms. The van der Waals surface area contributed by atoms with Gasteiger partial charge in [0.1, 0.15) is 18.2 Å². The van der Waals surface area contributed by atoms with Crippen molar-refractivity contribution in [3.63, 3.8) is 0 Å². The molecule has 4 rings (SSSR count). The van der Waals surface area contributed by atoms with Gasteiger partial charge in [-0.05, 0) is 30.3 Å². The maximum Gasteiger partial charge on any atom is 0.236 e. The number of para-hydroxylation sites is 1. The lowest BCUT2D eigenvalue weighted by atomic mass is 10.3. The fraction of sp³-hybridized carbons (Fsp3) is 0.143. The van der Waals surface area contributed by atoms with Gasteiger partial charge in [-0.25, -0.2) is 9.37 Å². The van der Waals surface area contributed by atoms with Gasteiger partial charge < -0.3 is 10.1 Å². The molecule has 164 valence electrons. The Bertz CT molecular complexity index is 1240. The van der Waals surface area contributed by atoms with E-state index in [1.54, 1.807) is 10.6 Å². The first kappa shape index (κ1) is 22.3. The van der Waals surface area contributed by atoms with E-state index in [9.17, 15) is 9.18 Å². The number of allylic oxidation sites excluding steroid dienone is 1. The fourth-order valence-corrected chi connectivity index (χ4v) is 4.66. The predicted molar refractivity (Wildman–Crippen MR) is 125 cm³/mol. The predicted octanol–water partition coefficient (Wildman–Crippen LogP) is 5.18. The van der Waals surface area contributed by atoms with E-state index in [-0.39, 0.29) is 23.3 Å². The number of anilines is 1. The number of hydrogen-bond acceptors (Lipinski definition) is 7. The van der Waals surface area contributed by atoms with Crippen LogP contribution >= 0.6 is 34.7 Å². The van der Waals surface area contributed by atoms with Crippen molar-refractivity contribution in [1.29, 1.82) is 0 Å². The zero-order valence-corrected chi connectivity index (χ0v) is 19.0. The lowest BCUT2D eigenvalue weighted by molar-refractivity contribution is -0.113. The summed E-state index contributed by atoms with van der Waals surface area (Å²) in [5, 5.41) is 12.4. The number of fused-ring (bicyclic) bond motifs is 1. The van der Waals surface area contributed by atoms with E-state index >= 15 is 0 Å². The van der Waals surface area contributed by atoms with Crippen LogP contribution in [0.2, 0.25) is 5.02 Å². The molecule has 1 N–H and O–H groups in total. The number of carbonyl (C=O) groups excluding carboxylic acids is 1. The Morgan fingerprint density at radius 2 is 2.16 bits per heavy atom. The molecule has 2 aromatic heterocycles. The molecule has 1 amide bonds. The molecular weight excluding hydrogens is 473 g/mol. The first-order valence-electron chi connectivity index (χ1n) is 9.42. The number of amides is 1. The quantitative estimate of drug-likeness (QED) is 0.258. The molecule has 0 fully saturated rings. The summed E-state index contributed by atoms with van der Waals surface area (Å²) in [5.74, 6) is 0.360. The van der Waals surface area contributed by atoms with Crippen LogP contribution in [-0.4, -0.2) is 31.4 Å². The van der Waals surface area contributed by atoms with Crippen molar-refractivity contribution < 1.29 is 13.9 Å². The Morgan fingerprint density at radius 1 is 1.31 bits per heavy atom. The second-order valence-corrected chi connectivity index (χ2v) is 8.87. The molecule has 0 radical (unpaired) electrons. The van der Waals surface area contributed by atoms with Crippen LogP contribution in [0.4, 0.5) is 9.52 Å². The molecular formula is C21H17ClFN5O2S2. The van der Waals surface area contributed by atoms with Crippen molar-refractivity contribution >= 4 is 56.0 Å². The molecule has 0 aliphatic rings. The summed E-state index contributed by atoms with van der Waals surface area (Å²) in [5.41, 5.74) is 0.845. The molecule has 0 aliphatic carbocycles. The van der Waals surface area contributed by atoms with E-state index in [1.807, 2.05) is 24.3 Å². The Balaban J connectivity index is 1.39. The van der Waals surface area contributed by atoms with Gasteiger partial charge in [0.25, 0.3) is 0 Å². The third kappa shape index (κ3) is 5.26. The summed E-state index contributed by atoms with van der Waals surface area (Å²) < 4.78 is 21.7. The van der Waals surface area contributed by atoms with Gasteiger partial charge in [-0.15, -0.1) is 16.8 Å². The summed E-state index contributed by atoms with van der Waals surface area (Å²) in [6.07, 6.45) is 1.70. The molecule has 0 saturated carbocycles. The van der Waals surface area contributed by atoms with Crippen LogP contribution in [0, 0.1) is 5.82 Å². The van der Waals surface area contributed by atoms with E-state index < -0.39 is 5.82 Å². The van der Waals surface area contributed by atoms with Gasteiger partial charge in [-0.3, -0.25) is 9.36 Å². The standard InChI is InChI=1S/C21H17ClFN5O2S2/c1-2-9-28-18(11-30-16-8-7-13(23)10-14(16)22)26-27-21(28)31-12-19(29)25-20-24-15-5-3-4-6-17(15)32-20/h2-8,10H,1,9,11-12H2,(H,24,25,29). The highest BCUT2D eigenvalue weighted by atomic mass is 35.5. The summed E-state index contributed by atoms with van der Waals surface area (Å²) in [6, 6.07) is 11.6. The number of hydrogen-bond donors (Lipinski definition) is 1. The van der Waals surface area contributed by atoms with Crippen molar-refractivity contribution in [2.45, 2.75) is 18.3 Å². The topological polar surface area (TPSA) is 81.9 Å². The molecule has 0 saturated heterocycles. The number of ether oxygens (including phenoxy) is 1. The third-order valence-corrected chi connectivity index (χ3v) is 6.44. The van der Waals surface area contributed by atoms with E-state index in [2.05, 4.69) is 27.1 Å². The third-order valence-electron chi connectivity index (χ3n) is 4.23. The first-order chi connectivity index (χ1) is 15.5. The van der Waals surface area contributed by atoms with Gasteiger partial charge in [0.2, 0.25) is 5.91 Å². The van der Waals surface area contributed by atoms with E-state index in [0.29, 0.717) is 28.4 Å².